The molecule has 0 radical (unpaired) electrons. The number of hydrogen-bond acceptors (Lipinski definition) is 6. The maximum Gasteiger partial charge on any atom is 0.192 e. The van der Waals surface area contributed by atoms with Gasteiger partial charge in [0, 0.05) is 34.8 Å². The van der Waals surface area contributed by atoms with E-state index in [1.54, 1.807) is 12.4 Å². The Morgan fingerprint density at radius 2 is 1.97 bits per heavy atom. The number of aromatic nitrogens is 4. The van der Waals surface area contributed by atoms with Crippen LogP contribution in [0.3, 0.4) is 0 Å². The van der Waals surface area contributed by atoms with Crippen LogP contribution < -0.4 is 4.74 Å². The fourth-order valence-electron chi connectivity index (χ4n) is 3.52. The summed E-state index contributed by atoms with van der Waals surface area (Å²) in [5.41, 5.74) is 3.53. The van der Waals surface area contributed by atoms with Crippen LogP contribution >= 0.6 is 11.8 Å². The summed E-state index contributed by atoms with van der Waals surface area (Å²) in [5, 5.41) is 9.60. The smallest absolute Gasteiger partial charge is 0.192 e. The predicted molar refractivity (Wildman–Crippen MR) is 115 cm³/mol. The van der Waals surface area contributed by atoms with Crippen LogP contribution in [-0.4, -0.2) is 26.5 Å². The molecule has 1 aliphatic heterocycles. The summed E-state index contributed by atoms with van der Waals surface area (Å²) in [6.45, 7) is 1.14. The van der Waals surface area contributed by atoms with Gasteiger partial charge in [0.15, 0.2) is 17.8 Å². The van der Waals surface area contributed by atoms with E-state index < -0.39 is 0 Å². The van der Waals surface area contributed by atoms with Gasteiger partial charge in [-0.05, 0) is 29.8 Å². The van der Waals surface area contributed by atoms with Crippen LogP contribution in [0.15, 0.2) is 72.1 Å². The minimum absolute atomic E-state index is 0.172. The molecule has 8 heteroatoms. The van der Waals surface area contributed by atoms with Crippen LogP contribution in [0.5, 0.6) is 5.75 Å². The minimum atomic E-state index is -0.301. The highest BCUT2D eigenvalue weighted by Crippen LogP contribution is 2.34. The van der Waals surface area contributed by atoms with Crippen molar-refractivity contribution in [1.82, 2.24) is 19.7 Å². The van der Waals surface area contributed by atoms with Crippen molar-refractivity contribution < 1.29 is 13.9 Å². The highest BCUT2D eigenvalue weighted by atomic mass is 32.2. The molecule has 0 atom stereocenters. The topological polar surface area (TPSA) is 62.1 Å². The zero-order valence-corrected chi connectivity index (χ0v) is 17.4. The lowest BCUT2D eigenvalue weighted by Crippen LogP contribution is -2.13. The third kappa shape index (κ3) is 4.30. The average molecular weight is 434 g/mol. The Balaban J connectivity index is 1.47. The summed E-state index contributed by atoms with van der Waals surface area (Å²) in [5.74, 6) is 1.64. The lowest BCUT2D eigenvalue weighted by molar-refractivity contribution is -0.0171. The molecule has 2 aromatic carbocycles. The van der Waals surface area contributed by atoms with Gasteiger partial charge in [-0.3, -0.25) is 9.55 Å². The van der Waals surface area contributed by atoms with E-state index in [4.69, 9.17) is 9.47 Å². The van der Waals surface area contributed by atoms with E-state index in [0.29, 0.717) is 24.7 Å². The Morgan fingerprint density at radius 1 is 1.06 bits per heavy atom. The second-order valence-corrected chi connectivity index (χ2v) is 8.01. The lowest BCUT2D eigenvalue weighted by atomic mass is 10.1. The molecule has 0 spiro atoms. The largest absolute Gasteiger partial charge is 0.467 e. The summed E-state index contributed by atoms with van der Waals surface area (Å²) in [6.07, 6.45) is 3.50. The van der Waals surface area contributed by atoms with Gasteiger partial charge >= 0.3 is 0 Å². The highest BCUT2D eigenvalue weighted by Gasteiger charge is 2.20. The molecular formula is C23H19FN4O2S. The molecule has 0 bridgehead atoms. The van der Waals surface area contributed by atoms with Crippen molar-refractivity contribution in [1.29, 1.82) is 0 Å². The summed E-state index contributed by atoms with van der Waals surface area (Å²) >= 11 is 1.50. The highest BCUT2D eigenvalue weighted by molar-refractivity contribution is 7.98. The molecule has 3 heterocycles. The zero-order valence-electron chi connectivity index (χ0n) is 16.6. The number of rotatable bonds is 6. The molecular weight excluding hydrogens is 415 g/mol. The fourth-order valence-corrected chi connectivity index (χ4v) is 4.42. The van der Waals surface area contributed by atoms with E-state index in [9.17, 15) is 4.39 Å². The van der Waals surface area contributed by atoms with E-state index >= 15 is 0 Å². The molecule has 0 aliphatic carbocycles. The van der Waals surface area contributed by atoms with Gasteiger partial charge in [0.25, 0.3) is 0 Å². The summed E-state index contributed by atoms with van der Waals surface area (Å²) < 4.78 is 27.1. The van der Waals surface area contributed by atoms with E-state index in [2.05, 4.69) is 31.9 Å². The molecule has 0 fully saturated rings. The van der Waals surface area contributed by atoms with Gasteiger partial charge in [-0.15, -0.1) is 10.2 Å². The molecule has 31 heavy (non-hydrogen) atoms. The van der Waals surface area contributed by atoms with Crippen LogP contribution in [0.2, 0.25) is 0 Å². The predicted octanol–water partition coefficient (Wildman–Crippen LogP) is 4.69. The van der Waals surface area contributed by atoms with Crippen molar-refractivity contribution in [2.24, 2.45) is 0 Å². The van der Waals surface area contributed by atoms with Crippen molar-refractivity contribution in [3.63, 3.8) is 0 Å². The standard InChI is InChI=1S/C23H19FN4O2S/c24-20-9-18-13-29-15-30-21(18)19(10-20)14-31-23-27-26-22(17-7-4-8-25-11-17)28(23)12-16-5-2-1-3-6-16/h1-11H,12-15H2. The van der Waals surface area contributed by atoms with Crippen LogP contribution in [0.1, 0.15) is 16.7 Å². The Bertz CT molecular complexity index is 1190. The number of fused-ring (bicyclic) bond motifs is 1. The Morgan fingerprint density at radius 3 is 2.81 bits per heavy atom. The van der Waals surface area contributed by atoms with Gasteiger partial charge in [-0.2, -0.15) is 0 Å². The maximum absolute atomic E-state index is 14.1. The first-order chi connectivity index (χ1) is 15.3. The van der Waals surface area contributed by atoms with E-state index in [1.165, 1.54) is 23.9 Å². The van der Waals surface area contributed by atoms with Gasteiger partial charge in [0.1, 0.15) is 11.6 Å². The monoisotopic (exact) mass is 434 g/mol. The van der Waals surface area contributed by atoms with Gasteiger partial charge in [0.2, 0.25) is 0 Å². The van der Waals surface area contributed by atoms with Crippen LogP contribution in [-0.2, 0) is 23.6 Å². The molecule has 0 amide bonds. The molecule has 2 aromatic heterocycles. The van der Waals surface area contributed by atoms with Crippen LogP contribution in [0.25, 0.3) is 11.4 Å². The summed E-state index contributed by atoms with van der Waals surface area (Å²) in [7, 11) is 0. The number of nitrogens with zero attached hydrogens (tertiary/aromatic N) is 4. The SMILES string of the molecule is Fc1cc2c(c(CSc3nnc(-c4cccnc4)n3Cc3ccccc3)c1)OCOC2. The van der Waals surface area contributed by atoms with Crippen molar-refractivity contribution in [3.8, 4) is 17.1 Å². The molecule has 156 valence electrons. The zero-order chi connectivity index (χ0) is 21.0. The number of hydrogen-bond donors (Lipinski definition) is 0. The number of benzene rings is 2. The number of thioether (sulfide) groups is 1. The van der Waals surface area contributed by atoms with Gasteiger partial charge in [-0.25, -0.2) is 4.39 Å². The van der Waals surface area contributed by atoms with Crippen molar-refractivity contribution in [2.75, 3.05) is 6.79 Å². The van der Waals surface area contributed by atoms with E-state index in [-0.39, 0.29) is 12.6 Å². The molecule has 0 unspecified atom stereocenters. The second-order valence-electron chi connectivity index (χ2n) is 7.07. The number of halogens is 1. The molecule has 0 saturated heterocycles. The molecule has 4 aromatic rings. The number of pyridine rings is 1. The molecule has 0 N–H and O–H groups in total. The van der Waals surface area contributed by atoms with Crippen molar-refractivity contribution >= 4 is 11.8 Å². The Labute approximate surface area is 183 Å². The van der Waals surface area contributed by atoms with Gasteiger partial charge in [0.05, 0.1) is 13.2 Å². The van der Waals surface area contributed by atoms with Crippen LogP contribution in [0.4, 0.5) is 4.39 Å². The first-order valence-corrected chi connectivity index (χ1v) is 10.8. The average Bonchev–Trinajstić information content (AvgIpc) is 3.21. The fraction of sp³-hybridized carbons (Fsp3) is 0.174. The lowest BCUT2D eigenvalue weighted by Gasteiger charge is -2.20. The molecule has 5 rings (SSSR count). The summed E-state index contributed by atoms with van der Waals surface area (Å²) in [4.78, 5) is 4.21. The maximum atomic E-state index is 14.1. The first kappa shape index (κ1) is 19.7. The van der Waals surface area contributed by atoms with Crippen LogP contribution in [0, 0.1) is 5.82 Å². The molecule has 0 saturated carbocycles. The Kier molecular flexibility index (Phi) is 5.64. The third-order valence-electron chi connectivity index (χ3n) is 4.93. The minimum Gasteiger partial charge on any atom is -0.467 e. The Hall–Kier alpha value is -3.23. The number of ether oxygens (including phenoxy) is 2. The van der Waals surface area contributed by atoms with E-state index in [0.717, 1.165) is 33.2 Å². The van der Waals surface area contributed by atoms with Gasteiger partial charge < -0.3 is 9.47 Å². The molecule has 1 aliphatic rings. The van der Waals surface area contributed by atoms with Gasteiger partial charge in [-0.1, -0.05) is 42.1 Å². The van der Waals surface area contributed by atoms with Crippen molar-refractivity contribution in [2.45, 2.75) is 24.1 Å². The second kappa shape index (κ2) is 8.87. The normalized spacial score (nSPS) is 12.9. The molecule has 6 nitrogen and oxygen atoms in total. The van der Waals surface area contributed by atoms with E-state index in [1.807, 2.05) is 30.3 Å². The quantitative estimate of drug-likeness (QED) is 0.411. The first-order valence-electron chi connectivity index (χ1n) is 9.80. The summed E-state index contributed by atoms with van der Waals surface area (Å²) in [6, 6.07) is 17.0. The van der Waals surface area contributed by atoms with Crippen molar-refractivity contribution in [3.05, 3.63) is 89.5 Å². The third-order valence-corrected chi connectivity index (χ3v) is 5.94.